The normalized spacial score (nSPS) is 10.2. The molecule has 0 aliphatic heterocycles. The van der Waals surface area contributed by atoms with Crippen molar-refractivity contribution in [3.63, 3.8) is 0 Å². The van der Waals surface area contributed by atoms with Gasteiger partial charge in [-0.05, 0) is 43.7 Å². The van der Waals surface area contributed by atoms with Gasteiger partial charge in [-0.15, -0.1) is 0 Å². The average molecular weight is 286 g/mol. The zero-order valence-corrected chi connectivity index (χ0v) is 12.1. The summed E-state index contributed by atoms with van der Waals surface area (Å²) in [5.41, 5.74) is 2.03. The van der Waals surface area contributed by atoms with E-state index in [9.17, 15) is 9.90 Å². The van der Waals surface area contributed by atoms with Gasteiger partial charge in [0.1, 0.15) is 23.7 Å². The molecule has 0 heterocycles. The second kappa shape index (κ2) is 6.79. The molecule has 1 N–H and O–H groups in total. The van der Waals surface area contributed by atoms with Gasteiger partial charge in [0, 0.05) is 0 Å². The van der Waals surface area contributed by atoms with Crippen LogP contribution in [0.5, 0.6) is 11.5 Å². The molecule has 21 heavy (non-hydrogen) atoms. The van der Waals surface area contributed by atoms with E-state index in [1.165, 1.54) is 0 Å². The van der Waals surface area contributed by atoms with Crippen LogP contribution in [0.3, 0.4) is 0 Å². The van der Waals surface area contributed by atoms with Gasteiger partial charge in [0.15, 0.2) is 0 Å². The molecule has 0 fully saturated rings. The summed E-state index contributed by atoms with van der Waals surface area (Å²) in [4.78, 5) is 11.2. The molecule has 0 radical (unpaired) electrons. The van der Waals surface area contributed by atoms with Gasteiger partial charge >= 0.3 is 5.97 Å². The first-order valence-electron chi connectivity index (χ1n) is 6.78. The van der Waals surface area contributed by atoms with Crippen molar-refractivity contribution in [3.05, 3.63) is 59.2 Å². The molecule has 0 saturated heterocycles. The molecule has 2 rings (SSSR count). The fourth-order valence-electron chi connectivity index (χ4n) is 1.95. The van der Waals surface area contributed by atoms with Gasteiger partial charge in [-0.2, -0.15) is 0 Å². The number of hydrogen-bond acceptors (Lipinski definition) is 3. The van der Waals surface area contributed by atoms with Gasteiger partial charge in [-0.1, -0.05) is 23.8 Å². The molecule has 0 spiro atoms. The molecule has 0 bridgehead atoms. The van der Waals surface area contributed by atoms with Crippen LogP contribution in [0.1, 0.15) is 28.4 Å². The summed E-state index contributed by atoms with van der Waals surface area (Å²) in [6.07, 6.45) is 0. The van der Waals surface area contributed by atoms with Crippen molar-refractivity contribution in [1.82, 2.24) is 0 Å². The minimum absolute atomic E-state index is 0.181. The van der Waals surface area contributed by atoms with E-state index >= 15 is 0 Å². The molecule has 0 saturated carbocycles. The lowest BCUT2D eigenvalue weighted by molar-refractivity contribution is 0.0691. The maximum absolute atomic E-state index is 11.2. The summed E-state index contributed by atoms with van der Waals surface area (Å²) in [7, 11) is 0. The van der Waals surface area contributed by atoms with E-state index < -0.39 is 5.97 Å². The molecule has 0 unspecified atom stereocenters. The second-order valence-corrected chi connectivity index (χ2v) is 4.67. The highest BCUT2D eigenvalue weighted by Gasteiger charge is 2.11. The molecule has 2 aromatic carbocycles. The Kier molecular flexibility index (Phi) is 4.82. The van der Waals surface area contributed by atoms with Crippen molar-refractivity contribution in [3.8, 4) is 11.5 Å². The molecule has 0 aliphatic rings. The minimum atomic E-state index is -0.986. The van der Waals surface area contributed by atoms with Crippen LogP contribution in [0.2, 0.25) is 0 Å². The van der Waals surface area contributed by atoms with Crippen LogP contribution < -0.4 is 9.47 Å². The van der Waals surface area contributed by atoms with Crippen LogP contribution in [0, 0.1) is 6.92 Å². The van der Waals surface area contributed by atoms with E-state index in [2.05, 4.69) is 0 Å². The van der Waals surface area contributed by atoms with E-state index in [1.54, 1.807) is 12.1 Å². The first-order valence-corrected chi connectivity index (χ1v) is 6.78. The topological polar surface area (TPSA) is 55.8 Å². The smallest absolute Gasteiger partial charge is 0.339 e. The van der Waals surface area contributed by atoms with Gasteiger partial charge in [0.25, 0.3) is 0 Å². The minimum Gasteiger partial charge on any atom is -0.494 e. The van der Waals surface area contributed by atoms with Gasteiger partial charge in [-0.3, -0.25) is 0 Å². The Morgan fingerprint density at radius 2 is 1.81 bits per heavy atom. The summed E-state index contributed by atoms with van der Waals surface area (Å²) in [5.74, 6) is 0.199. The summed E-state index contributed by atoms with van der Waals surface area (Å²) in [6, 6.07) is 12.7. The van der Waals surface area contributed by atoms with Crippen LogP contribution >= 0.6 is 0 Å². The lowest BCUT2D eigenvalue weighted by Crippen LogP contribution is -2.04. The fourth-order valence-corrected chi connectivity index (χ4v) is 1.95. The van der Waals surface area contributed by atoms with E-state index in [4.69, 9.17) is 9.47 Å². The van der Waals surface area contributed by atoms with Crippen LogP contribution in [0.15, 0.2) is 42.5 Å². The molecule has 0 amide bonds. The lowest BCUT2D eigenvalue weighted by Gasteiger charge is -2.10. The van der Waals surface area contributed by atoms with Crippen LogP contribution in [-0.4, -0.2) is 17.7 Å². The molecule has 0 aliphatic carbocycles. The fraction of sp³-hybridized carbons (Fsp3) is 0.235. The van der Waals surface area contributed by atoms with Crippen LogP contribution in [0.25, 0.3) is 0 Å². The molecule has 110 valence electrons. The summed E-state index contributed by atoms with van der Waals surface area (Å²) in [6.45, 7) is 4.72. The van der Waals surface area contributed by atoms with Crippen molar-refractivity contribution >= 4 is 5.97 Å². The predicted octanol–water partition coefficient (Wildman–Crippen LogP) is 3.67. The maximum Gasteiger partial charge on any atom is 0.339 e. The Hall–Kier alpha value is -2.49. The highest BCUT2D eigenvalue weighted by molar-refractivity contribution is 5.91. The number of carboxylic acids is 1. The second-order valence-electron chi connectivity index (χ2n) is 4.67. The molecule has 2 aromatic rings. The highest BCUT2D eigenvalue weighted by Crippen LogP contribution is 2.22. The van der Waals surface area contributed by atoms with E-state index in [0.29, 0.717) is 19.0 Å². The third-order valence-electron chi connectivity index (χ3n) is 2.99. The number of ether oxygens (including phenoxy) is 2. The molecule has 4 heteroatoms. The number of carbonyl (C=O) groups is 1. The number of rotatable bonds is 6. The van der Waals surface area contributed by atoms with Gasteiger partial charge in [0.2, 0.25) is 0 Å². The Bertz CT molecular complexity index is 617. The van der Waals surface area contributed by atoms with Crippen molar-refractivity contribution in [2.75, 3.05) is 6.61 Å². The standard InChI is InChI=1S/C17H18O4/c1-3-20-14-7-5-13(6-8-14)11-21-16-9-4-12(2)10-15(16)17(18)19/h4-10H,3,11H2,1-2H3,(H,18,19). The number of benzene rings is 2. The Morgan fingerprint density at radius 1 is 1.10 bits per heavy atom. The lowest BCUT2D eigenvalue weighted by atomic mass is 10.1. The zero-order valence-electron chi connectivity index (χ0n) is 12.1. The van der Waals surface area contributed by atoms with Gasteiger partial charge in [0.05, 0.1) is 6.61 Å². The SMILES string of the molecule is CCOc1ccc(COc2ccc(C)cc2C(=O)O)cc1. The average Bonchev–Trinajstić information content (AvgIpc) is 2.47. The number of hydrogen-bond donors (Lipinski definition) is 1. The number of carboxylic acid groups (broad SMARTS) is 1. The van der Waals surface area contributed by atoms with E-state index in [1.807, 2.05) is 44.2 Å². The summed E-state index contributed by atoms with van der Waals surface area (Å²) in [5, 5.41) is 9.19. The van der Waals surface area contributed by atoms with Crippen molar-refractivity contribution in [1.29, 1.82) is 0 Å². The molecular formula is C17H18O4. The molecule has 0 aromatic heterocycles. The van der Waals surface area contributed by atoms with Crippen molar-refractivity contribution < 1.29 is 19.4 Å². The summed E-state index contributed by atoms with van der Waals surface area (Å²) >= 11 is 0. The highest BCUT2D eigenvalue weighted by atomic mass is 16.5. The Labute approximate surface area is 123 Å². The Morgan fingerprint density at radius 3 is 2.43 bits per heavy atom. The third kappa shape index (κ3) is 3.99. The molecule has 0 atom stereocenters. The van der Waals surface area contributed by atoms with E-state index in [-0.39, 0.29) is 5.56 Å². The largest absolute Gasteiger partial charge is 0.494 e. The van der Waals surface area contributed by atoms with Crippen LogP contribution in [0.4, 0.5) is 0 Å². The third-order valence-corrected chi connectivity index (χ3v) is 2.99. The van der Waals surface area contributed by atoms with Gasteiger partial charge < -0.3 is 14.6 Å². The number of aryl methyl sites for hydroxylation is 1. The first-order chi connectivity index (χ1) is 10.1. The quantitative estimate of drug-likeness (QED) is 0.880. The molecular weight excluding hydrogens is 268 g/mol. The number of aromatic carboxylic acids is 1. The monoisotopic (exact) mass is 286 g/mol. The van der Waals surface area contributed by atoms with E-state index in [0.717, 1.165) is 16.9 Å². The first kappa shape index (κ1) is 14.9. The maximum atomic E-state index is 11.2. The predicted molar refractivity (Wildman–Crippen MR) is 80.1 cm³/mol. The zero-order chi connectivity index (χ0) is 15.2. The van der Waals surface area contributed by atoms with Crippen molar-refractivity contribution in [2.45, 2.75) is 20.5 Å². The summed E-state index contributed by atoms with van der Waals surface area (Å²) < 4.78 is 11.0. The van der Waals surface area contributed by atoms with Gasteiger partial charge in [-0.25, -0.2) is 4.79 Å². The van der Waals surface area contributed by atoms with Crippen molar-refractivity contribution in [2.24, 2.45) is 0 Å². The Balaban J connectivity index is 2.07. The molecule has 4 nitrogen and oxygen atoms in total. The van der Waals surface area contributed by atoms with Crippen LogP contribution in [-0.2, 0) is 6.61 Å².